The van der Waals surface area contributed by atoms with Gasteiger partial charge in [-0.3, -0.25) is 9.59 Å². The highest BCUT2D eigenvalue weighted by Gasteiger charge is 2.26. The maximum Gasteiger partial charge on any atom is 0.261 e. The number of rotatable bonds is 11. The third-order valence-electron chi connectivity index (χ3n) is 4.75. The van der Waals surface area contributed by atoms with Gasteiger partial charge in [0.1, 0.15) is 6.04 Å². The molecular formula is C23H28Cl2N2O4. The summed E-state index contributed by atoms with van der Waals surface area (Å²) < 4.78 is 10.9. The first-order valence-electron chi connectivity index (χ1n) is 10.1. The minimum Gasteiger partial charge on any atom is -0.493 e. The van der Waals surface area contributed by atoms with Gasteiger partial charge in [-0.1, -0.05) is 54.7 Å². The molecule has 0 heterocycles. The van der Waals surface area contributed by atoms with Gasteiger partial charge in [-0.15, -0.1) is 0 Å². The third kappa shape index (κ3) is 7.33. The van der Waals surface area contributed by atoms with E-state index in [-0.39, 0.29) is 25.0 Å². The first-order valence-corrected chi connectivity index (χ1v) is 10.9. The largest absolute Gasteiger partial charge is 0.493 e. The van der Waals surface area contributed by atoms with Crippen LogP contribution in [-0.2, 0) is 16.1 Å². The molecule has 0 saturated carbocycles. The second-order valence-corrected chi connectivity index (χ2v) is 7.84. The number of ether oxygens (including phenoxy) is 2. The van der Waals surface area contributed by atoms with Crippen molar-refractivity contribution in [2.24, 2.45) is 0 Å². The Morgan fingerprint density at radius 3 is 2.45 bits per heavy atom. The molecule has 0 spiro atoms. The van der Waals surface area contributed by atoms with Crippen LogP contribution >= 0.6 is 23.2 Å². The Morgan fingerprint density at radius 1 is 1.10 bits per heavy atom. The lowest BCUT2D eigenvalue weighted by Crippen LogP contribution is -2.49. The minimum absolute atomic E-state index is 0.188. The molecule has 0 fully saturated rings. The summed E-state index contributed by atoms with van der Waals surface area (Å²) in [5, 5.41) is 3.69. The second kappa shape index (κ2) is 12.4. The Kier molecular flexibility index (Phi) is 9.95. The molecule has 0 aliphatic rings. The number of benzene rings is 2. The van der Waals surface area contributed by atoms with Gasteiger partial charge in [-0.2, -0.15) is 0 Å². The van der Waals surface area contributed by atoms with Crippen molar-refractivity contribution in [1.82, 2.24) is 10.2 Å². The zero-order valence-corrected chi connectivity index (χ0v) is 19.5. The molecule has 168 valence electrons. The number of nitrogens with one attached hydrogen (secondary N) is 1. The summed E-state index contributed by atoms with van der Waals surface area (Å²) in [5.41, 5.74) is 0.758. The quantitative estimate of drug-likeness (QED) is 0.486. The Labute approximate surface area is 193 Å². The van der Waals surface area contributed by atoms with Crippen LogP contribution in [0.3, 0.4) is 0 Å². The average Bonchev–Trinajstić information content (AvgIpc) is 2.77. The summed E-state index contributed by atoms with van der Waals surface area (Å²) in [5.74, 6) is 0.416. The fraction of sp³-hybridized carbons (Fsp3) is 0.391. The fourth-order valence-electron chi connectivity index (χ4n) is 2.91. The van der Waals surface area contributed by atoms with Crippen molar-refractivity contribution in [1.29, 1.82) is 0 Å². The van der Waals surface area contributed by atoms with Crippen molar-refractivity contribution in [3.8, 4) is 11.5 Å². The SMILES string of the molecule is CCCCNC(=O)C(C)N(Cc1ccc(Cl)c(Cl)c1)C(=O)COc1ccccc1OC. The van der Waals surface area contributed by atoms with Crippen LogP contribution in [-0.4, -0.2) is 43.0 Å². The van der Waals surface area contributed by atoms with Crippen LogP contribution in [0.25, 0.3) is 0 Å². The van der Waals surface area contributed by atoms with Crippen molar-refractivity contribution in [3.63, 3.8) is 0 Å². The zero-order chi connectivity index (χ0) is 22.8. The highest BCUT2D eigenvalue weighted by atomic mass is 35.5. The molecular weight excluding hydrogens is 439 g/mol. The van der Waals surface area contributed by atoms with E-state index in [1.165, 1.54) is 12.0 Å². The Bertz CT molecular complexity index is 892. The topological polar surface area (TPSA) is 67.9 Å². The normalized spacial score (nSPS) is 11.5. The summed E-state index contributed by atoms with van der Waals surface area (Å²) in [6, 6.07) is 11.5. The van der Waals surface area contributed by atoms with E-state index in [9.17, 15) is 9.59 Å². The van der Waals surface area contributed by atoms with Crippen LogP contribution in [0.1, 0.15) is 32.3 Å². The van der Waals surface area contributed by atoms with Gasteiger partial charge in [0.2, 0.25) is 5.91 Å². The van der Waals surface area contributed by atoms with E-state index in [2.05, 4.69) is 5.32 Å². The van der Waals surface area contributed by atoms with Gasteiger partial charge in [0.25, 0.3) is 5.91 Å². The third-order valence-corrected chi connectivity index (χ3v) is 5.49. The molecule has 0 saturated heterocycles. The Morgan fingerprint density at radius 2 is 1.81 bits per heavy atom. The van der Waals surface area contributed by atoms with Gasteiger partial charge in [-0.25, -0.2) is 0 Å². The maximum atomic E-state index is 13.1. The summed E-state index contributed by atoms with van der Waals surface area (Å²) in [6.07, 6.45) is 1.84. The van der Waals surface area contributed by atoms with Crippen LogP contribution < -0.4 is 14.8 Å². The Balaban J connectivity index is 2.17. The molecule has 31 heavy (non-hydrogen) atoms. The van der Waals surface area contributed by atoms with E-state index in [1.807, 2.05) is 13.0 Å². The van der Waals surface area contributed by atoms with Crippen molar-refractivity contribution >= 4 is 35.0 Å². The van der Waals surface area contributed by atoms with Crippen LogP contribution in [0, 0.1) is 0 Å². The molecule has 2 rings (SSSR count). The minimum atomic E-state index is -0.694. The molecule has 0 aliphatic heterocycles. The van der Waals surface area contributed by atoms with E-state index in [0.717, 1.165) is 18.4 Å². The smallest absolute Gasteiger partial charge is 0.261 e. The van der Waals surface area contributed by atoms with Crippen molar-refractivity contribution in [3.05, 3.63) is 58.1 Å². The molecule has 0 bridgehead atoms. The molecule has 1 atom stereocenters. The molecule has 0 aliphatic carbocycles. The zero-order valence-electron chi connectivity index (χ0n) is 18.0. The number of nitrogens with zero attached hydrogens (tertiary/aromatic N) is 1. The lowest BCUT2D eigenvalue weighted by molar-refractivity contribution is -0.142. The van der Waals surface area contributed by atoms with Gasteiger partial charge < -0.3 is 19.7 Å². The van der Waals surface area contributed by atoms with Crippen molar-refractivity contribution in [2.75, 3.05) is 20.3 Å². The summed E-state index contributed by atoms with van der Waals surface area (Å²) in [4.78, 5) is 27.2. The fourth-order valence-corrected chi connectivity index (χ4v) is 3.23. The molecule has 6 nitrogen and oxygen atoms in total. The number of hydrogen-bond donors (Lipinski definition) is 1. The van der Waals surface area contributed by atoms with E-state index >= 15 is 0 Å². The molecule has 0 aromatic heterocycles. The van der Waals surface area contributed by atoms with Crippen molar-refractivity contribution < 1.29 is 19.1 Å². The number of carbonyl (C=O) groups is 2. The van der Waals surface area contributed by atoms with Gasteiger partial charge in [0.15, 0.2) is 18.1 Å². The van der Waals surface area contributed by atoms with Crippen molar-refractivity contribution in [2.45, 2.75) is 39.3 Å². The average molecular weight is 467 g/mol. The molecule has 2 aromatic rings. The van der Waals surface area contributed by atoms with Crippen LogP contribution in [0.4, 0.5) is 0 Å². The predicted octanol–water partition coefficient (Wildman–Crippen LogP) is 4.71. The Hall–Kier alpha value is -2.44. The lowest BCUT2D eigenvalue weighted by atomic mass is 10.1. The standard InChI is InChI=1S/C23H28Cl2N2O4/c1-4-5-12-26-23(29)16(2)27(14-17-10-11-18(24)19(25)13-17)22(28)15-31-21-9-7-6-8-20(21)30-3/h6-11,13,16H,4-5,12,14-15H2,1-3H3,(H,26,29). The van der Waals surface area contributed by atoms with Crippen LogP contribution in [0.2, 0.25) is 10.0 Å². The van der Waals surface area contributed by atoms with E-state index in [0.29, 0.717) is 28.1 Å². The number of hydrogen-bond acceptors (Lipinski definition) is 4. The molecule has 8 heteroatoms. The van der Waals surface area contributed by atoms with E-state index < -0.39 is 6.04 Å². The lowest BCUT2D eigenvalue weighted by Gasteiger charge is -2.29. The molecule has 2 aromatic carbocycles. The van der Waals surface area contributed by atoms with Crippen LogP contribution in [0.5, 0.6) is 11.5 Å². The summed E-state index contributed by atoms with van der Waals surface area (Å²) in [6.45, 7) is 4.25. The maximum absolute atomic E-state index is 13.1. The molecule has 2 amide bonds. The van der Waals surface area contributed by atoms with Gasteiger partial charge in [-0.05, 0) is 43.2 Å². The van der Waals surface area contributed by atoms with E-state index in [4.69, 9.17) is 32.7 Å². The van der Waals surface area contributed by atoms with Gasteiger partial charge in [0, 0.05) is 13.1 Å². The van der Waals surface area contributed by atoms with Gasteiger partial charge >= 0.3 is 0 Å². The number of unbranched alkanes of at least 4 members (excludes halogenated alkanes) is 1. The first-order chi connectivity index (χ1) is 14.9. The number of para-hydroxylation sites is 2. The molecule has 1 unspecified atom stereocenters. The predicted molar refractivity (Wildman–Crippen MR) is 123 cm³/mol. The highest BCUT2D eigenvalue weighted by Crippen LogP contribution is 2.26. The summed E-state index contributed by atoms with van der Waals surface area (Å²) >= 11 is 12.1. The number of methoxy groups -OCH3 is 1. The van der Waals surface area contributed by atoms with Crippen LogP contribution in [0.15, 0.2) is 42.5 Å². The second-order valence-electron chi connectivity index (χ2n) is 7.03. The molecule has 1 N–H and O–H groups in total. The first kappa shape index (κ1) is 24.8. The van der Waals surface area contributed by atoms with E-state index in [1.54, 1.807) is 43.3 Å². The number of carbonyl (C=O) groups excluding carboxylic acids is 2. The monoisotopic (exact) mass is 466 g/mol. The highest BCUT2D eigenvalue weighted by molar-refractivity contribution is 6.42. The summed E-state index contributed by atoms with van der Waals surface area (Å²) in [7, 11) is 1.53. The number of amides is 2. The molecule has 0 radical (unpaired) electrons. The van der Waals surface area contributed by atoms with Gasteiger partial charge in [0.05, 0.1) is 17.2 Å². The number of halogens is 2.